The van der Waals surface area contributed by atoms with Crippen molar-refractivity contribution in [3.8, 4) is 0 Å². The van der Waals surface area contributed by atoms with Gasteiger partial charge in [0.05, 0.1) is 0 Å². The van der Waals surface area contributed by atoms with Crippen LogP contribution in [0.2, 0.25) is 0 Å². The molecule has 0 aromatic heterocycles. The van der Waals surface area contributed by atoms with Gasteiger partial charge in [0.25, 0.3) is 0 Å². The third kappa shape index (κ3) is 3.15. The number of carboxylic acids is 1. The number of rotatable bonds is 5. The normalized spacial score (nSPS) is 17.4. The molecule has 5 nitrogen and oxygen atoms in total. The van der Waals surface area contributed by atoms with E-state index in [4.69, 9.17) is 0 Å². The van der Waals surface area contributed by atoms with E-state index in [1.54, 1.807) is 4.90 Å². The van der Waals surface area contributed by atoms with E-state index in [2.05, 4.69) is 5.32 Å². The minimum Gasteiger partial charge on any atom is -0.480 e. The molecule has 2 amide bonds. The second-order valence-electron chi connectivity index (χ2n) is 5.81. The molecule has 18 heavy (non-hydrogen) atoms. The highest BCUT2D eigenvalue weighted by Gasteiger charge is 2.46. The van der Waals surface area contributed by atoms with Crippen molar-refractivity contribution in [1.82, 2.24) is 10.2 Å². The van der Waals surface area contributed by atoms with Gasteiger partial charge in [-0.1, -0.05) is 13.8 Å². The van der Waals surface area contributed by atoms with Gasteiger partial charge in [-0.25, -0.2) is 9.59 Å². The van der Waals surface area contributed by atoms with Crippen molar-refractivity contribution in [1.29, 1.82) is 0 Å². The van der Waals surface area contributed by atoms with Crippen molar-refractivity contribution in [2.75, 3.05) is 6.54 Å². The number of nitrogens with zero attached hydrogens (tertiary/aromatic N) is 1. The molecule has 0 aromatic rings. The molecule has 0 atom stereocenters. The maximum absolute atomic E-state index is 12.2. The zero-order valence-electron chi connectivity index (χ0n) is 11.7. The molecule has 0 unspecified atom stereocenters. The van der Waals surface area contributed by atoms with Crippen molar-refractivity contribution in [3.63, 3.8) is 0 Å². The van der Waals surface area contributed by atoms with E-state index in [0.29, 0.717) is 25.3 Å². The van der Waals surface area contributed by atoms with Crippen LogP contribution in [0.25, 0.3) is 0 Å². The monoisotopic (exact) mass is 256 g/mol. The van der Waals surface area contributed by atoms with Gasteiger partial charge in [0.15, 0.2) is 0 Å². The third-order valence-electron chi connectivity index (χ3n) is 3.41. The summed E-state index contributed by atoms with van der Waals surface area (Å²) in [5, 5.41) is 11.9. The van der Waals surface area contributed by atoms with Crippen molar-refractivity contribution >= 4 is 12.0 Å². The predicted molar refractivity (Wildman–Crippen MR) is 69.4 cm³/mol. The van der Waals surface area contributed by atoms with Crippen molar-refractivity contribution in [2.45, 2.75) is 58.5 Å². The highest BCUT2D eigenvalue weighted by atomic mass is 16.4. The standard InChI is InChI=1S/C13H24N2O3/c1-9(2)8-15(10(3)4)12(18)14-13(11(16)17)6-5-7-13/h9-10H,5-8H2,1-4H3,(H,14,18)(H,16,17). The number of carbonyl (C=O) groups excluding carboxylic acids is 1. The quantitative estimate of drug-likeness (QED) is 0.791. The lowest BCUT2D eigenvalue weighted by Crippen LogP contribution is -2.62. The van der Waals surface area contributed by atoms with E-state index in [0.717, 1.165) is 6.42 Å². The van der Waals surface area contributed by atoms with Gasteiger partial charge in [-0.2, -0.15) is 0 Å². The fourth-order valence-corrected chi connectivity index (χ4v) is 2.12. The van der Waals surface area contributed by atoms with E-state index >= 15 is 0 Å². The summed E-state index contributed by atoms with van der Waals surface area (Å²) in [6, 6.07) is -0.195. The third-order valence-corrected chi connectivity index (χ3v) is 3.41. The maximum Gasteiger partial charge on any atom is 0.329 e. The number of hydrogen-bond acceptors (Lipinski definition) is 2. The van der Waals surface area contributed by atoms with Gasteiger partial charge in [0.2, 0.25) is 0 Å². The summed E-state index contributed by atoms with van der Waals surface area (Å²) in [5.41, 5.74) is -1.03. The average Bonchev–Trinajstić information content (AvgIpc) is 2.18. The lowest BCUT2D eigenvalue weighted by atomic mass is 9.77. The molecule has 0 heterocycles. The van der Waals surface area contributed by atoms with Crippen LogP contribution in [0.4, 0.5) is 4.79 Å². The van der Waals surface area contributed by atoms with Gasteiger partial charge < -0.3 is 15.3 Å². The van der Waals surface area contributed by atoms with E-state index < -0.39 is 11.5 Å². The van der Waals surface area contributed by atoms with Gasteiger partial charge in [-0.3, -0.25) is 0 Å². The van der Waals surface area contributed by atoms with E-state index in [9.17, 15) is 14.7 Å². The molecular formula is C13H24N2O3. The van der Waals surface area contributed by atoms with Crippen LogP contribution in [0.1, 0.15) is 47.0 Å². The molecule has 1 saturated carbocycles. The first-order valence-corrected chi connectivity index (χ1v) is 6.60. The molecule has 104 valence electrons. The van der Waals surface area contributed by atoms with Gasteiger partial charge in [-0.05, 0) is 39.0 Å². The number of carbonyl (C=O) groups is 2. The number of hydrogen-bond donors (Lipinski definition) is 2. The van der Waals surface area contributed by atoms with E-state index in [-0.39, 0.29) is 12.1 Å². The highest BCUT2D eigenvalue weighted by Crippen LogP contribution is 2.32. The molecule has 0 radical (unpaired) electrons. The molecule has 2 N–H and O–H groups in total. The minimum atomic E-state index is -1.03. The summed E-state index contributed by atoms with van der Waals surface area (Å²) in [7, 11) is 0. The van der Waals surface area contributed by atoms with Crippen LogP contribution < -0.4 is 5.32 Å². The smallest absolute Gasteiger partial charge is 0.329 e. The number of amides is 2. The van der Waals surface area contributed by atoms with Crippen LogP contribution in [0.3, 0.4) is 0 Å². The molecule has 0 aliphatic heterocycles. The van der Waals surface area contributed by atoms with Crippen LogP contribution in [0.5, 0.6) is 0 Å². The van der Waals surface area contributed by atoms with Crippen molar-refractivity contribution in [2.24, 2.45) is 5.92 Å². The summed E-state index contributed by atoms with van der Waals surface area (Å²) in [6.07, 6.45) is 1.92. The molecule has 0 saturated heterocycles. The fourth-order valence-electron chi connectivity index (χ4n) is 2.12. The summed E-state index contributed by atoms with van der Waals surface area (Å²) >= 11 is 0. The lowest BCUT2D eigenvalue weighted by Gasteiger charge is -2.40. The zero-order chi connectivity index (χ0) is 13.9. The Kier molecular flexibility index (Phi) is 4.59. The molecule has 5 heteroatoms. The second-order valence-corrected chi connectivity index (χ2v) is 5.81. The summed E-state index contributed by atoms with van der Waals surface area (Å²) < 4.78 is 0. The van der Waals surface area contributed by atoms with Crippen LogP contribution in [0, 0.1) is 5.92 Å². The Morgan fingerprint density at radius 2 is 1.83 bits per heavy atom. The fraction of sp³-hybridized carbons (Fsp3) is 0.846. The first kappa shape index (κ1) is 14.8. The SMILES string of the molecule is CC(C)CN(C(=O)NC1(C(=O)O)CCC1)C(C)C. The Morgan fingerprint density at radius 1 is 1.28 bits per heavy atom. The number of nitrogens with one attached hydrogen (secondary N) is 1. The Bertz CT molecular complexity index is 322. The number of carboxylic acid groups (broad SMARTS) is 1. The predicted octanol–water partition coefficient (Wildman–Crippen LogP) is 2.07. The van der Waals surface area contributed by atoms with E-state index in [1.807, 2.05) is 27.7 Å². The second kappa shape index (κ2) is 5.59. The highest BCUT2D eigenvalue weighted by molar-refractivity contribution is 5.87. The van der Waals surface area contributed by atoms with Crippen LogP contribution in [-0.2, 0) is 4.79 Å². The van der Waals surface area contributed by atoms with Gasteiger partial charge >= 0.3 is 12.0 Å². The zero-order valence-corrected chi connectivity index (χ0v) is 11.7. The largest absolute Gasteiger partial charge is 0.480 e. The topological polar surface area (TPSA) is 69.6 Å². The maximum atomic E-state index is 12.2. The molecule has 1 fully saturated rings. The Morgan fingerprint density at radius 3 is 2.11 bits per heavy atom. The molecule has 0 aromatic carbocycles. The summed E-state index contributed by atoms with van der Waals surface area (Å²) in [5.74, 6) is -0.560. The first-order chi connectivity index (χ1) is 8.28. The summed E-state index contributed by atoms with van der Waals surface area (Å²) in [6.45, 7) is 8.60. The Hall–Kier alpha value is -1.26. The molecule has 1 aliphatic rings. The van der Waals surface area contributed by atoms with Gasteiger partial charge in [0, 0.05) is 12.6 Å². The molecule has 0 bridgehead atoms. The lowest BCUT2D eigenvalue weighted by molar-refractivity contribution is -0.148. The van der Waals surface area contributed by atoms with Crippen molar-refractivity contribution in [3.05, 3.63) is 0 Å². The molecule has 1 aliphatic carbocycles. The summed E-state index contributed by atoms with van der Waals surface area (Å²) in [4.78, 5) is 25.1. The van der Waals surface area contributed by atoms with Crippen LogP contribution in [0.15, 0.2) is 0 Å². The van der Waals surface area contributed by atoms with Crippen LogP contribution >= 0.6 is 0 Å². The van der Waals surface area contributed by atoms with Crippen molar-refractivity contribution < 1.29 is 14.7 Å². The first-order valence-electron chi connectivity index (χ1n) is 6.60. The minimum absolute atomic E-state index is 0.0679. The van der Waals surface area contributed by atoms with Gasteiger partial charge in [0.1, 0.15) is 5.54 Å². The molecular weight excluding hydrogens is 232 g/mol. The molecule has 1 rings (SSSR count). The average molecular weight is 256 g/mol. The molecule has 0 spiro atoms. The Labute approximate surface area is 109 Å². The van der Waals surface area contributed by atoms with E-state index in [1.165, 1.54) is 0 Å². The number of aliphatic carboxylic acids is 1. The Balaban J connectivity index is 2.69. The van der Waals surface area contributed by atoms with Gasteiger partial charge in [-0.15, -0.1) is 0 Å². The number of urea groups is 1. The van der Waals surface area contributed by atoms with Crippen LogP contribution in [-0.4, -0.2) is 40.1 Å².